The lowest BCUT2D eigenvalue weighted by atomic mass is 9.75. The van der Waals surface area contributed by atoms with Crippen molar-refractivity contribution < 1.29 is 4.39 Å². The number of nitrogens with two attached hydrogens (primary N) is 1. The third-order valence-corrected chi connectivity index (χ3v) is 4.07. The van der Waals surface area contributed by atoms with E-state index < -0.39 is 0 Å². The first-order chi connectivity index (χ1) is 8.22. The Labute approximate surface area is 102 Å². The molecule has 3 atom stereocenters. The molecule has 1 heterocycles. The maximum absolute atomic E-state index is 13.6. The second kappa shape index (κ2) is 5.58. The summed E-state index contributed by atoms with van der Waals surface area (Å²) in [7, 11) is 0. The van der Waals surface area contributed by atoms with E-state index in [9.17, 15) is 4.39 Å². The van der Waals surface area contributed by atoms with Crippen LogP contribution < -0.4 is 5.73 Å². The molecule has 1 aromatic rings. The van der Waals surface area contributed by atoms with E-state index >= 15 is 0 Å². The molecule has 1 fully saturated rings. The van der Waals surface area contributed by atoms with Gasteiger partial charge in [-0.1, -0.05) is 26.2 Å². The zero-order valence-corrected chi connectivity index (χ0v) is 10.4. The van der Waals surface area contributed by atoms with E-state index in [1.54, 1.807) is 12.3 Å². The van der Waals surface area contributed by atoms with Gasteiger partial charge in [0.05, 0.1) is 6.20 Å². The zero-order chi connectivity index (χ0) is 12.3. The van der Waals surface area contributed by atoms with Crippen molar-refractivity contribution >= 4 is 0 Å². The van der Waals surface area contributed by atoms with Gasteiger partial charge in [0.25, 0.3) is 0 Å². The molecule has 2 rings (SSSR count). The minimum atomic E-state index is -0.265. The Morgan fingerprint density at radius 3 is 3.06 bits per heavy atom. The number of aromatic nitrogens is 1. The van der Waals surface area contributed by atoms with Gasteiger partial charge in [-0.2, -0.15) is 0 Å². The molecule has 1 aromatic heterocycles. The molecule has 17 heavy (non-hydrogen) atoms. The van der Waals surface area contributed by atoms with Gasteiger partial charge in [-0.3, -0.25) is 4.98 Å². The van der Waals surface area contributed by atoms with Crippen LogP contribution >= 0.6 is 0 Å². The molecule has 0 aromatic carbocycles. The minimum absolute atomic E-state index is 0.174. The van der Waals surface area contributed by atoms with Crippen molar-refractivity contribution in [3.05, 3.63) is 29.8 Å². The predicted molar refractivity (Wildman–Crippen MR) is 66.9 cm³/mol. The minimum Gasteiger partial charge on any atom is -0.324 e. The highest BCUT2D eigenvalue weighted by atomic mass is 19.1. The fourth-order valence-electron chi connectivity index (χ4n) is 2.94. The van der Waals surface area contributed by atoms with Crippen molar-refractivity contribution in [1.29, 1.82) is 0 Å². The van der Waals surface area contributed by atoms with E-state index in [4.69, 9.17) is 5.73 Å². The molecule has 0 saturated heterocycles. The van der Waals surface area contributed by atoms with Crippen LogP contribution in [0.1, 0.15) is 50.6 Å². The summed E-state index contributed by atoms with van der Waals surface area (Å²) in [5, 5.41) is 0. The van der Waals surface area contributed by atoms with Crippen molar-refractivity contribution in [1.82, 2.24) is 4.98 Å². The van der Waals surface area contributed by atoms with E-state index in [-0.39, 0.29) is 11.9 Å². The van der Waals surface area contributed by atoms with Crippen LogP contribution in [0.2, 0.25) is 0 Å². The standard InChI is InChI=1S/C14H21FN2/c1-2-10-4-3-5-11(8-10)14(16)12-6-7-17-9-13(12)15/h6-7,9-11,14H,2-5,8,16H2,1H3. The van der Waals surface area contributed by atoms with Gasteiger partial charge in [-0.15, -0.1) is 0 Å². The summed E-state index contributed by atoms with van der Waals surface area (Å²) in [6, 6.07) is 1.54. The highest BCUT2D eigenvalue weighted by molar-refractivity contribution is 5.18. The lowest BCUT2D eigenvalue weighted by Gasteiger charge is -2.32. The SMILES string of the molecule is CCC1CCCC(C(N)c2ccncc2F)C1. The lowest BCUT2D eigenvalue weighted by molar-refractivity contribution is 0.228. The van der Waals surface area contributed by atoms with Gasteiger partial charge in [-0.05, 0) is 30.7 Å². The Bertz CT molecular complexity index is 367. The number of halogens is 1. The first-order valence-corrected chi connectivity index (χ1v) is 6.57. The number of pyridine rings is 1. The molecule has 0 amide bonds. The van der Waals surface area contributed by atoms with Crippen LogP contribution in [-0.4, -0.2) is 4.98 Å². The third kappa shape index (κ3) is 2.83. The quantitative estimate of drug-likeness (QED) is 0.873. The van der Waals surface area contributed by atoms with Crippen molar-refractivity contribution in [2.24, 2.45) is 17.6 Å². The van der Waals surface area contributed by atoms with Crippen molar-refractivity contribution in [2.75, 3.05) is 0 Å². The van der Waals surface area contributed by atoms with E-state index in [0.29, 0.717) is 11.5 Å². The molecule has 1 aliphatic rings. The zero-order valence-electron chi connectivity index (χ0n) is 10.4. The summed E-state index contributed by atoms with van der Waals surface area (Å²) < 4.78 is 13.6. The molecular weight excluding hydrogens is 215 g/mol. The topological polar surface area (TPSA) is 38.9 Å². The van der Waals surface area contributed by atoms with Crippen LogP contribution in [0.25, 0.3) is 0 Å². The Balaban J connectivity index is 2.09. The van der Waals surface area contributed by atoms with Gasteiger partial charge in [0.2, 0.25) is 0 Å². The summed E-state index contributed by atoms with van der Waals surface area (Å²) in [6.45, 7) is 2.23. The van der Waals surface area contributed by atoms with Crippen LogP contribution in [0.3, 0.4) is 0 Å². The fraction of sp³-hybridized carbons (Fsp3) is 0.643. The summed E-state index contributed by atoms with van der Waals surface area (Å²) in [5.41, 5.74) is 6.85. The number of rotatable bonds is 3. The molecule has 1 saturated carbocycles. The molecule has 2 N–H and O–H groups in total. The van der Waals surface area contributed by atoms with E-state index in [1.165, 1.54) is 25.5 Å². The molecule has 0 aliphatic heterocycles. The molecule has 3 unspecified atom stereocenters. The Morgan fingerprint density at radius 2 is 2.35 bits per heavy atom. The second-order valence-electron chi connectivity index (χ2n) is 5.12. The van der Waals surface area contributed by atoms with Gasteiger partial charge >= 0.3 is 0 Å². The Morgan fingerprint density at radius 1 is 1.53 bits per heavy atom. The summed E-state index contributed by atoms with van der Waals surface area (Å²) in [6.07, 6.45) is 8.89. The smallest absolute Gasteiger partial charge is 0.146 e. The van der Waals surface area contributed by atoms with E-state index in [0.717, 1.165) is 18.8 Å². The molecule has 0 radical (unpaired) electrons. The van der Waals surface area contributed by atoms with Gasteiger partial charge in [0, 0.05) is 17.8 Å². The highest BCUT2D eigenvalue weighted by Gasteiger charge is 2.27. The first kappa shape index (κ1) is 12.5. The molecule has 94 valence electrons. The van der Waals surface area contributed by atoms with Crippen LogP contribution in [0.4, 0.5) is 4.39 Å². The van der Waals surface area contributed by atoms with Crippen LogP contribution in [0.15, 0.2) is 18.5 Å². The summed E-state index contributed by atoms with van der Waals surface area (Å²) in [4.78, 5) is 3.77. The molecular formula is C14H21FN2. The largest absolute Gasteiger partial charge is 0.324 e. The molecule has 2 nitrogen and oxygen atoms in total. The molecule has 1 aliphatic carbocycles. The van der Waals surface area contributed by atoms with Crippen LogP contribution in [0.5, 0.6) is 0 Å². The van der Waals surface area contributed by atoms with E-state index in [1.807, 2.05) is 0 Å². The second-order valence-corrected chi connectivity index (χ2v) is 5.12. The predicted octanol–water partition coefficient (Wildman–Crippen LogP) is 3.44. The normalized spacial score (nSPS) is 26.8. The van der Waals surface area contributed by atoms with Gasteiger partial charge in [0.15, 0.2) is 0 Å². The molecule has 0 spiro atoms. The fourth-order valence-corrected chi connectivity index (χ4v) is 2.94. The number of hydrogen-bond acceptors (Lipinski definition) is 2. The lowest BCUT2D eigenvalue weighted by Crippen LogP contribution is -2.27. The molecule has 0 bridgehead atoms. The first-order valence-electron chi connectivity index (χ1n) is 6.57. The Kier molecular flexibility index (Phi) is 4.11. The number of hydrogen-bond donors (Lipinski definition) is 1. The average Bonchev–Trinajstić information content (AvgIpc) is 2.38. The summed E-state index contributed by atoms with van der Waals surface area (Å²) in [5.74, 6) is 0.925. The van der Waals surface area contributed by atoms with Gasteiger partial charge in [0.1, 0.15) is 5.82 Å². The average molecular weight is 236 g/mol. The highest BCUT2D eigenvalue weighted by Crippen LogP contribution is 2.37. The molecule has 3 heteroatoms. The van der Waals surface area contributed by atoms with Gasteiger partial charge < -0.3 is 5.73 Å². The van der Waals surface area contributed by atoms with E-state index in [2.05, 4.69) is 11.9 Å². The van der Waals surface area contributed by atoms with Crippen LogP contribution in [0, 0.1) is 17.7 Å². The van der Waals surface area contributed by atoms with Gasteiger partial charge in [-0.25, -0.2) is 4.39 Å². The number of nitrogens with zero attached hydrogens (tertiary/aromatic N) is 1. The van der Waals surface area contributed by atoms with Crippen molar-refractivity contribution in [2.45, 2.75) is 45.1 Å². The third-order valence-electron chi connectivity index (χ3n) is 4.07. The maximum Gasteiger partial charge on any atom is 0.146 e. The monoisotopic (exact) mass is 236 g/mol. The Hall–Kier alpha value is -0.960. The maximum atomic E-state index is 13.6. The van der Waals surface area contributed by atoms with Crippen molar-refractivity contribution in [3.63, 3.8) is 0 Å². The van der Waals surface area contributed by atoms with Crippen LogP contribution in [-0.2, 0) is 0 Å². The summed E-state index contributed by atoms with van der Waals surface area (Å²) >= 11 is 0. The van der Waals surface area contributed by atoms with Crippen molar-refractivity contribution in [3.8, 4) is 0 Å².